The van der Waals surface area contributed by atoms with E-state index in [2.05, 4.69) is 4.74 Å². The molecule has 20 heteroatoms. The van der Waals surface area contributed by atoms with Crippen molar-refractivity contribution < 1.29 is 78.8 Å². The molecule has 2 amide bonds. The van der Waals surface area contributed by atoms with E-state index in [1.165, 1.54) is 0 Å². The Morgan fingerprint density at radius 1 is 1.19 bits per heavy atom. The Bertz CT molecular complexity index is 1140. The number of aromatic carboxylic acids is 1. The molecule has 0 saturated carbocycles. The molecule has 1 aromatic rings. The van der Waals surface area contributed by atoms with Gasteiger partial charge < -0.3 is 66.5 Å². The number of hydrogen-bond acceptors (Lipinski definition) is 15. The SMILES string of the molecule is NC(=O)OC[C@@H](O)[C@H](O)[C@@H](N)C(=O)NC(C(=O)[O-])[C@H]1OC(n2cc(C(=O)[O-])c(=O)[nH]c2=O)[C@H](O)[C@@H]1O.[Zn+2]. The van der Waals surface area contributed by atoms with E-state index in [9.17, 15) is 59.4 Å². The van der Waals surface area contributed by atoms with Gasteiger partial charge in [0.25, 0.3) is 5.56 Å². The minimum atomic E-state index is -2.29. The molecule has 19 nitrogen and oxygen atoms in total. The fourth-order valence-corrected chi connectivity index (χ4v) is 3.20. The number of primary amides is 1. The molecule has 0 aromatic carbocycles. The number of aromatic nitrogens is 2. The Labute approximate surface area is 217 Å². The zero-order valence-corrected chi connectivity index (χ0v) is 21.6. The van der Waals surface area contributed by atoms with E-state index in [1.54, 1.807) is 10.3 Å². The van der Waals surface area contributed by atoms with Gasteiger partial charge in [-0.05, 0) is 0 Å². The largest absolute Gasteiger partial charge is 2.00 e. The number of amides is 2. The molecule has 1 fully saturated rings. The molecule has 2 unspecified atom stereocenters. The number of aliphatic hydroxyl groups is 4. The van der Waals surface area contributed by atoms with E-state index in [-0.39, 0.29) is 19.5 Å². The van der Waals surface area contributed by atoms with Crippen molar-refractivity contribution in [3.8, 4) is 0 Å². The molecule has 37 heavy (non-hydrogen) atoms. The fraction of sp³-hybridized carbons (Fsp3) is 0.529. The minimum absolute atomic E-state index is 0. The number of aliphatic hydroxyl groups excluding tert-OH is 4. The minimum Gasteiger partial charge on any atom is -0.548 e. The second-order valence-electron chi connectivity index (χ2n) is 7.49. The number of carboxylic acid groups (broad SMARTS) is 2. The van der Waals surface area contributed by atoms with Crippen molar-refractivity contribution in [3.05, 3.63) is 32.6 Å². The Morgan fingerprint density at radius 2 is 1.78 bits per heavy atom. The fourth-order valence-electron chi connectivity index (χ4n) is 3.20. The molecular formula is C17H21N5O14Zn. The van der Waals surface area contributed by atoms with Crippen molar-refractivity contribution in [2.75, 3.05) is 6.61 Å². The average Bonchev–Trinajstić information content (AvgIpc) is 3.08. The van der Waals surface area contributed by atoms with Crippen LogP contribution in [-0.2, 0) is 38.5 Å². The molecule has 2 heterocycles. The summed E-state index contributed by atoms with van der Waals surface area (Å²) in [7, 11) is 0. The van der Waals surface area contributed by atoms with E-state index in [0.29, 0.717) is 10.8 Å². The maximum atomic E-state index is 12.4. The van der Waals surface area contributed by atoms with Gasteiger partial charge in [0.1, 0.15) is 43.2 Å². The van der Waals surface area contributed by atoms with E-state index in [4.69, 9.17) is 16.2 Å². The van der Waals surface area contributed by atoms with Crippen LogP contribution in [0.2, 0.25) is 0 Å². The van der Waals surface area contributed by atoms with Crippen LogP contribution in [0.3, 0.4) is 0 Å². The summed E-state index contributed by atoms with van der Waals surface area (Å²) in [5.74, 6) is -5.54. The Morgan fingerprint density at radius 3 is 2.30 bits per heavy atom. The van der Waals surface area contributed by atoms with Gasteiger partial charge in [-0.15, -0.1) is 0 Å². The van der Waals surface area contributed by atoms with Crippen LogP contribution >= 0.6 is 0 Å². The topological polar surface area (TPSA) is 333 Å². The van der Waals surface area contributed by atoms with Crippen molar-refractivity contribution >= 4 is 23.9 Å². The monoisotopic (exact) mass is 583 g/mol. The molecular weight excluding hydrogens is 564 g/mol. The smallest absolute Gasteiger partial charge is 0.548 e. The van der Waals surface area contributed by atoms with Gasteiger partial charge in [0, 0.05) is 6.20 Å². The summed E-state index contributed by atoms with van der Waals surface area (Å²) in [5, 5.41) is 64.7. The van der Waals surface area contributed by atoms with E-state index in [1.807, 2.05) is 0 Å². The number of nitrogens with two attached hydrogens (primary N) is 2. The number of nitrogens with zero attached hydrogens (tertiary/aromatic N) is 1. The number of aromatic amines is 1. The number of aliphatic carboxylic acids is 1. The van der Waals surface area contributed by atoms with E-state index < -0.39 is 96.2 Å². The Balaban J connectivity index is 0.00000684. The third kappa shape index (κ3) is 7.16. The van der Waals surface area contributed by atoms with Crippen molar-refractivity contribution in [1.29, 1.82) is 0 Å². The number of H-pyrrole nitrogens is 1. The van der Waals surface area contributed by atoms with Gasteiger partial charge in [-0.1, -0.05) is 0 Å². The first-order chi connectivity index (χ1) is 16.7. The van der Waals surface area contributed by atoms with Crippen molar-refractivity contribution in [2.24, 2.45) is 11.5 Å². The van der Waals surface area contributed by atoms with Crippen molar-refractivity contribution in [3.63, 3.8) is 0 Å². The van der Waals surface area contributed by atoms with Crippen LogP contribution < -0.4 is 38.2 Å². The van der Waals surface area contributed by atoms with Crippen LogP contribution in [0.15, 0.2) is 15.8 Å². The molecule has 1 aromatic heterocycles. The molecule has 0 bridgehead atoms. The average molecular weight is 585 g/mol. The third-order valence-corrected chi connectivity index (χ3v) is 5.08. The Kier molecular flexibility index (Phi) is 11.0. The number of nitrogens with one attached hydrogen (secondary N) is 2. The summed E-state index contributed by atoms with van der Waals surface area (Å²) in [5.41, 5.74) is 6.45. The first-order valence-electron chi connectivity index (χ1n) is 9.80. The molecule has 8 atom stereocenters. The van der Waals surface area contributed by atoms with Gasteiger partial charge in [0.15, 0.2) is 6.23 Å². The van der Waals surface area contributed by atoms with Gasteiger partial charge in [-0.3, -0.25) is 19.1 Å². The number of carbonyl (C=O) groups is 4. The number of ether oxygens (including phenoxy) is 2. The number of carboxylic acids is 2. The predicted molar refractivity (Wildman–Crippen MR) is 104 cm³/mol. The summed E-state index contributed by atoms with van der Waals surface area (Å²) in [4.78, 5) is 70.9. The van der Waals surface area contributed by atoms with Crippen molar-refractivity contribution in [1.82, 2.24) is 14.9 Å². The second kappa shape index (κ2) is 12.8. The maximum absolute atomic E-state index is 12.4. The van der Waals surface area contributed by atoms with E-state index in [0.717, 1.165) is 0 Å². The number of hydrogen-bond donors (Lipinski definition) is 8. The summed E-state index contributed by atoms with van der Waals surface area (Å²) in [6, 6.07) is -4.33. The van der Waals surface area contributed by atoms with Crippen LogP contribution in [0.4, 0.5) is 4.79 Å². The molecule has 0 spiro atoms. The molecule has 1 saturated heterocycles. The summed E-state index contributed by atoms with van der Waals surface area (Å²) >= 11 is 0. The summed E-state index contributed by atoms with van der Waals surface area (Å²) in [6.07, 6.45) is -13.2. The van der Waals surface area contributed by atoms with Crippen molar-refractivity contribution in [2.45, 2.75) is 48.8 Å². The molecule has 0 aliphatic carbocycles. The zero-order valence-electron chi connectivity index (χ0n) is 18.6. The van der Waals surface area contributed by atoms with Crippen LogP contribution in [0.25, 0.3) is 0 Å². The normalized spacial score (nSPS) is 24.1. The predicted octanol–water partition coefficient (Wildman–Crippen LogP) is -9.10. The standard InChI is InChI=1S/C17H23N5O14.Zn/c18-5(7(24)4(23)2-35-16(19)33)12(28)20-6(15(31)32)10-8(25)9(26)13(36-10)22-1-3(14(29)30)11(27)21-17(22)34;/h1,4-10,13,23-26H,2,18H2,(H2,19,33)(H,20,28)(H,29,30)(H,31,32)(H,21,27,34);/q;+2/p-2/t4-,5-,6?,7+,8+,9-,10-,13?;/m1./s1. The molecule has 200 valence electrons. The molecule has 1 aliphatic heterocycles. The first kappa shape index (κ1) is 31.8. The van der Waals surface area contributed by atoms with Gasteiger partial charge in [0.2, 0.25) is 5.91 Å². The molecule has 1 aliphatic rings. The second-order valence-corrected chi connectivity index (χ2v) is 7.49. The molecule has 10 N–H and O–H groups in total. The summed E-state index contributed by atoms with van der Waals surface area (Å²) in [6.45, 7) is -0.874. The van der Waals surface area contributed by atoms with Gasteiger partial charge >= 0.3 is 31.3 Å². The summed E-state index contributed by atoms with van der Waals surface area (Å²) < 4.78 is 9.75. The molecule has 2 rings (SSSR count). The van der Waals surface area contributed by atoms with Crippen LogP contribution in [-0.4, -0.2) is 103 Å². The maximum Gasteiger partial charge on any atom is 2.00 e. The number of carbonyl (C=O) groups excluding carboxylic acids is 4. The van der Waals surface area contributed by atoms with Crippen LogP contribution in [0, 0.1) is 0 Å². The van der Waals surface area contributed by atoms with Gasteiger partial charge in [-0.2, -0.15) is 0 Å². The van der Waals surface area contributed by atoms with Crippen LogP contribution in [0.1, 0.15) is 16.6 Å². The molecule has 0 radical (unpaired) electrons. The zero-order chi connectivity index (χ0) is 27.5. The third-order valence-electron chi connectivity index (χ3n) is 5.08. The van der Waals surface area contributed by atoms with Gasteiger partial charge in [-0.25, -0.2) is 9.59 Å². The quantitative estimate of drug-likeness (QED) is 0.118. The Hall–Kier alpha value is -3.26. The van der Waals surface area contributed by atoms with Gasteiger partial charge in [0.05, 0.1) is 23.5 Å². The first-order valence-corrected chi connectivity index (χ1v) is 9.80. The van der Waals surface area contributed by atoms with E-state index >= 15 is 0 Å². The number of rotatable bonds is 10. The van der Waals surface area contributed by atoms with Crippen LogP contribution in [0.5, 0.6) is 0 Å².